The molecule has 0 saturated carbocycles. The summed E-state index contributed by atoms with van der Waals surface area (Å²) in [6.07, 6.45) is -0.769. The van der Waals surface area contributed by atoms with Crippen LogP contribution in [0.2, 0.25) is 0 Å². The maximum absolute atomic E-state index is 12.7. The number of carbonyl (C=O) groups excluding carboxylic acids is 1. The average Bonchev–Trinajstić information content (AvgIpc) is 3.21. The van der Waals surface area contributed by atoms with E-state index in [1.807, 2.05) is 57.2 Å². The number of amides is 1. The zero-order valence-electron chi connectivity index (χ0n) is 18.7. The zero-order chi connectivity index (χ0) is 23.0. The van der Waals surface area contributed by atoms with Gasteiger partial charge in [-0.2, -0.15) is 5.10 Å². The Morgan fingerprint density at radius 3 is 2.12 bits per heavy atom. The highest BCUT2D eigenvalue weighted by atomic mass is 16.5. The van der Waals surface area contributed by atoms with Gasteiger partial charge in [0.15, 0.2) is 5.54 Å². The topological polar surface area (TPSA) is 93.5 Å². The molecule has 32 heavy (non-hydrogen) atoms. The van der Waals surface area contributed by atoms with E-state index in [0.29, 0.717) is 0 Å². The molecule has 2 N–H and O–H groups in total. The van der Waals surface area contributed by atoms with Crippen LogP contribution in [0.25, 0.3) is 11.1 Å². The summed E-state index contributed by atoms with van der Waals surface area (Å²) in [4.78, 5) is 24.7. The summed E-state index contributed by atoms with van der Waals surface area (Å²) >= 11 is 0. The fourth-order valence-electron chi connectivity index (χ4n) is 4.26. The lowest BCUT2D eigenvalue weighted by molar-refractivity contribution is -0.144. The van der Waals surface area contributed by atoms with E-state index in [0.717, 1.165) is 39.2 Å². The number of benzene rings is 2. The molecule has 0 fully saturated rings. The molecular weight excluding hydrogens is 406 g/mol. The van der Waals surface area contributed by atoms with Crippen molar-refractivity contribution in [3.05, 3.63) is 76.6 Å². The van der Waals surface area contributed by atoms with Crippen molar-refractivity contribution in [2.45, 2.75) is 45.7 Å². The van der Waals surface area contributed by atoms with Crippen molar-refractivity contribution in [1.82, 2.24) is 15.1 Å². The molecule has 1 aliphatic carbocycles. The van der Waals surface area contributed by atoms with Gasteiger partial charge in [-0.25, -0.2) is 9.59 Å². The number of alkyl carbamates (subject to hydrolysis) is 1. The van der Waals surface area contributed by atoms with Gasteiger partial charge in [0, 0.05) is 11.6 Å². The second kappa shape index (κ2) is 8.15. The molecule has 0 aliphatic heterocycles. The molecule has 0 bridgehead atoms. The van der Waals surface area contributed by atoms with Crippen molar-refractivity contribution >= 4 is 12.1 Å². The molecule has 166 valence electrons. The summed E-state index contributed by atoms with van der Waals surface area (Å²) in [7, 11) is 0. The molecule has 1 atom stereocenters. The molecule has 0 saturated heterocycles. The lowest BCUT2D eigenvalue weighted by Gasteiger charge is -2.26. The van der Waals surface area contributed by atoms with Gasteiger partial charge in [-0.1, -0.05) is 48.5 Å². The fourth-order valence-corrected chi connectivity index (χ4v) is 4.26. The van der Waals surface area contributed by atoms with E-state index in [4.69, 9.17) is 4.74 Å². The average molecular weight is 434 g/mol. The highest BCUT2D eigenvalue weighted by molar-refractivity contribution is 5.84. The van der Waals surface area contributed by atoms with Crippen molar-refractivity contribution in [1.29, 1.82) is 0 Å². The minimum absolute atomic E-state index is 0.00690. The Hall–Kier alpha value is -3.61. The van der Waals surface area contributed by atoms with Gasteiger partial charge in [0.25, 0.3) is 0 Å². The van der Waals surface area contributed by atoms with Crippen molar-refractivity contribution in [2.75, 3.05) is 6.61 Å². The van der Waals surface area contributed by atoms with Crippen LogP contribution in [0, 0.1) is 20.8 Å². The predicted octanol–water partition coefficient (Wildman–Crippen LogP) is 4.19. The maximum Gasteiger partial charge on any atom is 0.408 e. The van der Waals surface area contributed by atoms with Crippen LogP contribution in [0.5, 0.6) is 0 Å². The molecule has 2 aromatic carbocycles. The van der Waals surface area contributed by atoms with Crippen LogP contribution < -0.4 is 5.32 Å². The third-order valence-electron chi connectivity index (χ3n) is 6.40. The number of carbonyl (C=O) groups is 2. The second-order valence-electron chi connectivity index (χ2n) is 8.54. The predicted molar refractivity (Wildman–Crippen MR) is 121 cm³/mol. The van der Waals surface area contributed by atoms with Gasteiger partial charge < -0.3 is 15.2 Å². The number of nitrogens with one attached hydrogen (secondary N) is 1. The molecule has 1 aliphatic rings. The Kier molecular flexibility index (Phi) is 5.50. The van der Waals surface area contributed by atoms with Crippen LogP contribution in [-0.4, -0.2) is 39.1 Å². The fraction of sp³-hybridized carbons (Fsp3) is 0.320. The van der Waals surface area contributed by atoms with Crippen LogP contribution in [0.4, 0.5) is 4.79 Å². The standard InChI is InChI=1S/C25H27N3O4/c1-15-16(2)27-28(17(15)3)14-25(4,23(29)30)26-24(31)32-13-22-20-11-7-5-9-18(20)19-10-6-8-12-21(19)22/h5-12,22H,13-14H2,1-4H3,(H,26,31)(H,29,30). The van der Waals surface area contributed by atoms with Crippen molar-refractivity contribution in [3.63, 3.8) is 0 Å². The summed E-state index contributed by atoms with van der Waals surface area (Å²) in [6, 6.07) is 16.1. The smallest absolute Gasteiger partial charge is 0.408 e. The van der Waals surface area contributed by atoms with Crippen LogP contribution in [0.15, 0.2) is 48.5 Å². The first kappa shape index (κ1) is 21.6. The first-order chi connectivity index (χ1) is 15.2. The number of hydrogen-bond acceptors (Lipinski definition) is 4. The molecule has 3 aromatic rings. The number of aryl methyl sites for hydroxylation is 1. The second-order valence-corrected chi connectivity index (χ2v) is 8.54. The van der Waals surface area contributed by atoms with Crippen LogP contribution in [-0.2, 0) is 16.1 Å². The van der Waals surface area contributed by atoms with E-state index in [2.05, 4.69) is 22.5 Å². The minimum atomic E-state index is -1.57. The molecule has 1 heterocycles. The van der Waals surface area contributed by atoms with E-state index < -0.39 is 17.6 Å². The van der Waals surface area contributed by atoms with E-state index in [1.165, 1.54) is 6.92 Å². The van der Waals surface area contributed by atoms with E-state index in [1.54, 1.807) is 4.68 Å². The van der Waals surface area contributed by atoms with Gasteiger partial charge in [0.2, 0.25) is 0 Å². The van der Waals surface area contributed by atoms with Gasteiger partial charge in [-0.3, -0.25) is 4.68 Å². The summed E-state index contributed by atoms with van der Waals surface area (Å²) in [6.45, 7) is 7.26. The van der Waals surface area contributed by atoms with Gasteiger partial charge in [-0.05, 0) is 55.5 Å². The normalized spacial score (nSPS) is 14.4. The number of hydrogen-bond donors (Lipinski definition) is 2. The number of nitrogens with zero attached hydrogens (tertiary/aromatic N) is 2. The van der Waals surface area contributed by atoms with Gasteiger partial charge in [0.05, 0.1) is 12.2 Å². The quantitative estimate of drug-likeness (QED) is 0.608. The summed E-state index contributed by atoms with van der Waals surface area (Å²) in [5.74, 6) is -1.25. The highest BCUT2D eigenvalue weighted by Crippen LogP contribution is 2.44. The van der Waals surface area contributed by atoms with Crippen LogP contribution in [0.1, 0.15) is 40.9 Å². The number of carboxylic acid groups (broad SMARTS) is 1. The number of fused-ring (bicyclic) bond motifs is 3. The Morgan fingerprint density at radius 1 is 1.06 bits per heavy atom. The number of aromatic nitrogens is 2. The third-order valence-corrected chi connectivity index (χ3v) is 6.40. The number of carboxylic acids is 1. The number of aliphatic carboxylic acids is 1. The lowest BCUT2D eigenvalue weighted by Crippen LogP contribution is -2.55. The summed E-state index contributed by atoms with van der Waals surface area (Å²) in [5, 5.41) is 16.8. The highest BCUT2D eigenvalue weighted by Gasteiger charge is 2.38. The molecule has 0 radical (unpaired) electrons. The Labute approximate surface area is 187 Å². The zero-order valence-corrected chi connectivity index (χ0v) is 18.7. The lowest BCUT2D eigenvalue weighted by atomic mass is 9.98. The van der Waals surface area contributed by atoms with Gasteiger partial charge in [0.1, 0.15) is 6.61 Å². The Bertz CT molecular complexity index is 1150. The molecule has 4 rings (SSSR count). The minimum Gasteiger partial charge on any atom is -0.479 e. The van der Waals surface area contributed by atoms with Crippen molar-refractivity contribution in [2.24, 2.45) is 0 Å². The molecular formula is C25H27N3O4. The van der Waals surface area contributed by atoms with E-state index in [9.17, 15) is 14.7 Å². The van der Waals surface area contributed by atoms with Gasteiger partial charge in [-0.15, -0.1) is 0 Å². The molecule has 1 amide bonds. The van der Waals surface area contributed by atoms with Crippen LogP contribution in [0.3, 0.4) is 0 Å². The first-order valence-corrected chi connectivity index (χ1v) is 10.6. The van der Waals surface area contributed by atoms with E-state index in [-0.39, 0.29) is 19.1 Å². The molecule has 1 aromatic heterocycles. The van der Waals surface area contributed by atoms with Crippen molar-refractivity contribution < 1.29 is 19.4 Å². The van der Waals surface area contributed by atoms with Gasteiger partial charge >= 0.3 is 12.1 Å². The summed E-state index contributed by atoms with van der Waals surface area (Å²) in [5.41, 5.74) is 5.58. The molecule has 7 heteroatoms. The monoisotopic (exact) mass is 433 g/mol. The summed E-state index contributed by atoms with van der Waals surface area (Å²) < 4.78 is 7.15. The first-order valence-electron chi connectivity index (χ1n) is 10.6. The van der Waals surface area contributed by atoms with E-state index >= 15 is 0 Å². The number of rotatable bonds is 6. The Morgan fingerprint density at radius 2 is 1.62 bits per heavy atom. The number of ether oxygens (including phenoxy) is 1. The largest absolute Gasteiger partial charge is 0.479 e. The molecule has 7 nitrogen and oxygen atoms in total. The Balaban J connectivity index is 1.49. The molecule has 1 unspecified atom stereocenters. The SMILES string of the molecule is Cc1nn(CC(C)(NC(=O)OCC2c3ccccc3-c3ccccc32)C(=O)O)c(C)c1C. The molecule has 0 spiro atoms. The third kappa shape index (κ3) is 3.75. The maximum atomic E-state index is 12.7. The van der Waals surface area contributed by atoms with Crippen molar-refractivity contribution in [3.8, 4) is 11.1 Å². The van der Waals surface area contributed by atoms with Crippen LogP contribution >= 0.6 is 0 Å².